The van der Waals surface area contributed by atoms with Crippen molar-refractivity contribution in [1.82, 2.24) is 0 Å². The minimum atomic E-state index is 0.750. The van der Waals surface area contributed by atoms with Gasteiger partial charge in [-0.15, -0.1) is 0 Å². The van der Waals surface area contributed by atoms with E-state index in [4.69, 9.17) is 0 Å². The maximum absolute atomic E-state index is 2.37. The van der Waals surface area contributed by atoms with Crippen molar-refractivity contribution in [3.63, 3.8) is 0 Å². The lowest BCUT2D eigenvalue weighted by atomic mass is 9.99. The third-order valence-corrected chi connectivity index (χ3v) is 2.02. The molecule has 0 radical (unpaired) electrons. The molecule has 0 fully saturated rings. The van der Waals surface area contributed by atoms with Gasteiger partial charge in [-0.3, -0.25) is 0 Å². The van der Waals surface area contributed by atoms with Crippen molar-refractivity contribution in [1.29, 1.82) is 0 Å². The smallest absolute Gasteiger partial charge is 0.0166 e. The molecular weight excluding hydrogens is 120 g/mol. The third kappa shape index (κ3) is 2.02. The summed E-state index contributed by atoms with van der Waals surface area (Å²) in [5.74, 6) is 0.750. The predicted octanol–water partition coefficient (Wildman–Crippen LogP) is 3.31. The van der Waals surface area contributed by atoms with Gasteiger partial charge < -0.3 is 0 Å². The van der Waals surface area contributed by atoms with Gasteiger partial charge in [0, 0.05) is 0 Å². The average Bonchev–Trinajstić information content (AvgIpc) is 2.12. The molecule has 0 saturated carbocycles. The zero-order valence-electron chi connectivity index (χ0n) is 6.93. The molecule has 1 aliphatic rings. The maximum atomic E-state index is 2.37. The fourth-order valence-corrected chi connectivity index (χ4v) is 1.31. The number of rotatable bonds is 1. The van der Waals surface area contributed by atoms with Crippen molar-refractivity contribution >= 4 is 0 Å². The second kappa shape index (κ2) is 3.60. The van der Waals surface area contributed by atoms with Crippen molar-refractivity contribution in [2.75, 3.05) is 0 Å². The lowest BCUT2D eigenvalue weighted by Gasteiger charge is -2.07. The summed E-state index contributed by atoms with van der Waals surface area (Å²) in [6.07, 6.45) is 10.6. The monoisotopic (exact) mass is 136 g/mol. The summed E-state index contributed by atoms with van der Waals surface area (Å²) in [5.41, 5.74) is 1.63. The first kappa shape index (κ1) is 7.59. The Bertz CT molecular complexity index is 149. The van der Waals surface area contributed by atoms with Crippen molar-refractivity contribution in [2.24, 2.45) is 5.92 Å². The zero-order chi connectivity index (χ0) is 7.40. The van der Waals surface area contributed by atoms with E-state index in [-0.39, 0.29) is 0 Å². The Kier molecular flexibility index (Phi) is 2.73. The first-order valence-corrected chi connectivity index (χ1v) is 4.14. The standard InChI is InChI=1S/C10H16/c1-9(2)10-7-5-3-4-6-8-10/h3-4,7,9H,5-6,8H2,1-2H3. The van der Waals surface area contributed by atoms with Crippen LogP contribution >= 0.6 is 0 Å². The SMILES string of the molecule is CC(C)C1=CCC=CCC1. The largest absolute Gasteiger partial charge is 0.0879 e. The van der Waals surface area contributed by atoms with Crippen LogP contribution in [0.5, 0.6) is 0 Å². The summed E-state index contributed by atoms with van der Waals surface area (Å²) in [6, 6.07) is 0. The molecule has 0 amide bonds. The lowest BCUT2D eigenvalue weighted by molar-refractivity contribution is 0.714. The summed E-state index contributed by atoms with van der Waals surface area (Å²) in [6.45, 7) is 4.55. The fourth-order valence-electron chi connectivity index (χ4n) is 1.31. The van der Waals surface area contributed by atoms with Gasteiger partial charge in [0.2, 0.25) is 0 Å². The zero-order valence-corrected chi connectivity index (χ0v) is 6.93. The van der Waals surface area contributed by atoms with Crippen LogP contribution in [0.1, 0.15) is 33.1 Å². The highest BCUT2D eigenvalue weighted by Crippen LogP contribution is 2.19. The first-order chi connectivity index (χ1) is 4.80. The van der Waals surface area contributed by atoms with Crippen LogP contribution in [-0.4, -0.2) is 0 Å². The van der Waals surface area contributed by atoms with Crippen LogP contribution < -0.4 is 0 Å². The Balaban J connectivity index is 2.53. The minimum absolute atomic E-state index is 0.750. The molecule has 10 heavy (non-hydrogen) atoms. The quantitative estimate of drug-likeness (QED) is 0.485. The molecular formula is C10H16. The van der Waals surface area contributed by atoms with Gasteiger partial charge in [0.1, 0.15) is 0 Å². The van der Waals surface area contributed by atoms with Gasteiger partial charge in [-0.05, 0) is 25.2 Å². The van der Waals surface area contributed by atoms with Crippen LogP contribution in [0.4, 0.5) is 0 Å². The second-order valence-corrected chi connectivity index (χ2v) is 3.18. The fraction of sp³-hybridized carbons (Fsp3) is 0.600. The molecule has 56 valence electrons. The Morgan fingerprint density at radius 1 is 1.30 bits per heavy atom. The van der Waals surface area contributed by atoms with Crippen LogP contribution in [0.2, 0.25) is 0 Å². The Labute approximate surface area is 63.6 Å². The molecule has 0 spiro atoms. The van der Waals surface area contributed by atoms with Crippen molar-refractivity contribution in [2.45, 2.75) is 33.1 Å². The predicted molar refractivity (Wildman–Crippen MR) is 45.9 cm³/mol. The van der Waals surface area contributed by atoms with Crippen molar-refractivity contribution < 1.29 is 0 Å². The van der Waals surface area contributed by atoms with E-state index < -0.39 is 0 Å². The second-order valence-electron chi connectivity index (χ2n) is 3.18. The molecule has 0 unspecified atom stereocenters. The molecule has 1 rings (SSSR count). The van der Waals surface area contributed by atoms with E-state index in [0.717, 1.165) is 12.3 Å². The molecule has 0 atom stereocenters. The third-order valence-electron chi connectivity index (χ3n) is 2.02. The van der Waals surface area contributed by atoms with Gasteiger partial charge >= 0.3 is 0 Å². The first-order valence-electron chi connectivity index (χ1n) is 4.14. The molecule has 0 aromatic heterocycles. The van der Waals surface area contributed by atoms with Crippen LogP contribution in [0.3, 0.4) is 0 Å². The minimum Gasteiger partial charge on any atom is -0.0879 e. The summed E-state index contributed by atoms with van der Waals surface area (Å²) in [5, 5.41) is 0. The lowest BCUT2D eigenvalue weighted by Crippen LogP contribution is -1.92. The van der Waals surface area contributed by atoms with Gasteiger partial charge in [-0.1, -0.05) is 37.6 Å². The van der Waals surface area contributed by atoms with Crippen LogP contribution in [0.15, 0.2) is 23.8 Å². The number of hydrogen-bond acceptors (Lipinski definition) is 0. The molecule has 0 saturated heterocycles. The van der Waals surface area contributed by atoms with E-state index in [1.807, 2.05) is 0 Å². The van der Waals surface area contributed by atoms with E-state index >= 15 is 0 Å². The molecule has 0 aromatic carbocycles. The Morgan fingerprint density at radius 3 is 2.80 bits per heavy atom. The van der Waals surface area contributed by atoms with Crippen molar-refractivity contribution in [3.8, 4) is 0 Å². The normalized spacial score (nSPS) is 18.9. The number of allylic oxidation sites excluding steroid dienone is 4. The Hall–Kier alpha value is -0.520. The summed E-state index contributed by atoms with van der Waals surface area (Å²) in [7, 11) is 0. The topological polar surface area (TPSA) is 0 Å². The molecule has 0 bridgehead atoms. The van der Waals surface area contributed by atoms with Crippen molar-refractivity contribution in [3.05, 3.63) is 23.8 Å². The average molecular weight is 136 g/mol. The molecule has 0 aliphatic heterocycles. The summed E-state index contributed by atoms with van der Waals surface area (Å²) >= 11 is 0. The van der Waals surface area contributed by atoms with Crippen LogP contribution in [-0.2, 0) is 0 Å². The highest BCUT2D eigenvalue weighted by molar-refractivity contribution is 5.11. The van der Waals surface area contributed by atoms with Crippen LogP contribution in [0.25, 0.3) is 0 Å². The molecule has 0 aromatic rings. The van der Waals surface area contributed by atoms with Crippen LogP contribution in [0, 0.1) is 5.92 Å². The molecule has 0 N–H and O–H groups in total. The summed E-state index contributed by atoms with van der Waals surface area (Å²) < 4.78 is 0. The molecule has 1 aliphatic carbocycles. The van der Waals surface area contributed by atoms with Gasteiger partial charge in [0.05, 0.1) is 0 Å². The van der Waals surface area contributed by atoms with E-state index in [1.165, 1.54) is 12.8 Å². The Morgan fingerprint density at radius 2 is 2.10 bits per heavy atom. The van der Waals surface area contributed by atoms with E-state index in [2.05, 4.69) is 32.1 Å². The maximum Gasteiger partial charge on any atom is -0.0166 e. The number of hydrogen-bond donors (Lipinski definition) is 0. The highest BCUT2D eigenvalue weighted by Gasteiger charge is 2.02. The van der Waals surface area contributed by atoms with E-state index in [9.17, 15) is 0 Å². The highest BCUT2D eigenvalue weighted by atomic mass is 14.1. The van der Waals surface area contributed by atoms with E-state index in [0.29, 0.717) is 0 Å². The molecule has 0 heteroatoms. The van der Waals surface area contributed by atoms with Gasteiger partial charge in [-0.25, -0.2) is 0 Å². The van der Waals surface area contributed by atoms with Gasteiger partial charge in [-0.2, -0.15) is 0 Å². The molecule has 0 heterocycles. The van der Waals surface area contributed by atoms with E-state index in [1.54, 1.807) is 5.57 Å². The van der Waals surface area contributed by atoms with Gasteiger partial charge in [0.25, 0.3) is 0 Å². The van der Waals surface area contributed by atoms with Gasteiger partial charge in [0.15, 0.2) is 0 Å². The summed E-state index contributed by atoms with van der Waals surface area (Å²) in [4.78, 5) is 0. The molecule has 0 nitrogen and oxygen atoms in total.